The Morgan fingerprint density at radius 2 is 1.57 bits per heavy atom. The summed E-state index contributed by atoms with van der Waals surface area (Å²) in [5.74, 6) is 0.622. The van der Waals surface area contributed by atoms with Gasteiger partial charge in [-0.1, -0.05) is 0 Å². The molecule has 3 rings (SSSR count). The first-order valence-corrected chi connectivity index (χ1v) is 8.62. The Morgan fingerprint density at radius 1 is 1.00 bits per heavy atom. The topological polar surface area (TPSA) is 118 Å². The van der Waals surface area contributed by atoms with Gasteiger partial charge in [-0.25, -0.2) is 0 Å². The van der Waals surface area contributed by atoms with Gasteiger partial charge >= 0.3 is 173 Å². The van der Waals surface area contributed by atoms with Gasteiger partial charge in [-0.15, -0.1) is 0 Å². The van der Waals surface area contributed by atoms with Crippen molar-refractivity contribution >= 4 is 4.57 Å². The second-order valence-corrected chi connectivity index (χ2v) is 5.91. The molecule has 0 amide bonds. The van der Waals surface area contributed by atoms with Crippen LogP contribution >= 0.6 is 0 Å². The molecule has 8 heteroatoms. The van der Waals surface area contributed by atoms with E-state index in [9.17, 15) is 0 Å². The van der Waals surface area contributed by atoms with Crippen LogP contribution in [0.4, 0.5) is 0 Å². The minimum absolute atomic E-state index is 0.285. The fraction of sp³-hybridized carbons (Fsp3) is 0.500. The summed E-state index contributed by atoms with van der Waals surface area (Å²) in [6.45, 7) is 23.4. The van der Waals surface area contributed by atoms with Gasteiger partial charge in [0, 0.05) is 0 Å². The van der Waals surface area contributed by atoms with Crippen LogP contribution < -0.4 is 0 Å². The molecule has 1 saturated heterocycles. The van der Waals surface area contributed by atoms with E-state index in [0.29, 0.717) is 5.92 Å². The summed E-state index contributed by atoms with van der Waals surface area (Å²) in [5, 5.41) is 0. The Hall–Kier alpha value is -1.50. The summed E-state index contributed by atoms with van der Waals surface area (Å²) in [4.78, 5) is 0. The van der Waals surface area contributed by atoms with E-state index in [4.69, 9.17) is 32.7 Å². The SMILES string of the molecule is CO[C](=[Cr])C1=C(C2=CCCCC2)C2CCCOC12.[C-]#[O+].[C-]#[O+].[C-]#[O+].[C-]#[O+].[C-]#[O+]. The molecule has 2 atom stereocenters. The monoisotopic (exact) mass is 424 g/mol. The third kappa shape index (κ3) is 8.67. The van der Waals surface area contributed by atoms with Gasteiger partial charge in [0.05, 0.1) is 0 Å². The minimum atomic E-state index is 0.285. The molecule has 2 unspecified atom stereocenters. The van der Waals surface area contributed by atoms with Crippen LogP contribution in [0.1, 0.15) is 38.5 Å². The second kappa shape index (κ2) is 21.8. The maximum atomic E-state index is 7.50. The van der Waals surface area contributed by atoms with Crippen molar-refractivity contribution in [2.75, 3.05) is 13.7 Å². The Bertz CT molecular complexity index is 588. The molecule has 1 heterocycles. The van der Waals surface area contributed by atoms with Crippen molar-refractivity contribution in [2.45, 2.75) is 44.6 Å². The van der Waals surface area contributed by atoms with Crippen molar-refractivity contribution in [3.05, 3.63) is 56.0 Å². The van der Waals surface area contributed by atoms with Crippen molar-refractivity contribution in [2.24, 2.45) is 5.92 Å². The Labute approximate surface area is 173 Å². The normalized spacial score (nSPS) is 20.6. The molecule has 0 bridgehead atoms. The predicted molar refractivity (Wildman–Crippen MR) is 87.7 cm³/mol. The van der Waals surface area contributed by atoms with E-state index in [1.807, 2.05) is 0 Å². The molecule has 0 spiro atoms. The fourth-order valence-corrected chi connectivity index (χ4v) is 3.80. The molecule has 0 saturated carbocycles. The van der Waals surface area contributed by atoms with E-state index in [1.165, 1.54) is 49.7 Å². The first kappa shape index (κ1) is 31.2. The molecular weight excluding hydrogens is 404 g/mol. The summed E-state index contributed by atoms with van der Waals surface area (Å²) in [5.41, 5.74) is 4.40. The van der Waals surface area contributed by atoms with E-state index in [0.717, 1.165) is 11.2 Å². The molecule has 0 N–H and O–H groups in total. The summed E-state index contributed by atoms with van der Waals surface area (Å²) in [6.07, 6.45) is 10.3. The predicted octanol–water partition coefficient (Wildman–Crippen LogP) is 2.73. The number of allylic oxidation sites excluding steroid dienone is 2. The molecule has 28 heavy (non-hydrogen) atoms. The molecule has 7 nitrogen and oxygen atoms in total. The molecule has 1 fully saturated rings. The van der Waals surface area contributed by atoms with Crippen LogP contribution in [0.15, 0.2) is 22.8 Å². The number of ether oxygens (including phenoxy) is 2. The second-order valence-electron chi connectivity index (χ2n) is 5.33. The van der Waals surface area contributed by atoms with Gasteiger partial charge in [-0.3, -0.25) is 0 Å². The van der Waals surface area contributed by atoms with E-state index < -0.39 is 0 Å². The maximum absolute atomic E-state index is 7.50. The Morgan fingerprint density at radius 3 is 2.04 bits per heavy atom. The molecule has 0 radical (unpaired) electrons. The zero-order valence-electron chi connectivity index (χ0n) is 15.4. The van der Waals surface area contributed by atoms with Gasteiger partial charge in [0.15, 0.2) is 0 Å². The first-order chi connectivity index (χ1) is 13.8. The standard InChI is InChI=1S/C15H20O2.5CO.Cr/c1-16-10-13-14(11-6-3-2-4-7-11)12-8-5-9-17-15(12)13;5*1-2;/h6,12,15H,2-5,7-9H2,1H3;;;;;;. The van der Waals surface area contributed by atoms with Crippen molar-refractivity contribution in [1.29, 1.82) is 0 Å². The fourth-order valence-electron chi connectivity index (χ4n) is 3.45. The van der Waals surface area contributed by atoms with E-state index in [1.54, 1.807) is 12.7 Å². The van der Waals surface area contributed by atoms with Crippen LogP contribution in [0, 0.1) is 39.2 Å². The Kier molecular flexibility index (Phi) is 24.3. The van der Waals surface area contributed by atoms with Crippen LogP contribution in [0.2, 0.25) is 0 Å². The summed E-state index contributed by atoms with van der Waals surface area (Å²) >= 11 is 3.06. The zero-order valence-corrected chi connectivity index (χ0v) is 16.7. The summed E-state index contributed by atoms with van der Waals surface area (Å²) < 4.78 is 49.8. The molecular formula is C20H20CrO7. The average molecular weight is 424 g/mol. The number of rotatable bonds is 3. The van der Waals surface area contributed by atoms with E-state index in [2.05, 4.69) is 55.2 Å². The molecule has 0 aromatic heterocycles. The van der Waals surface area contributed by atoms with Crippen molar-refractivity contribution in [3.63, 3.8) is 0 Å². The molecule has 148 valence electrons. The molecule has 0 aromatic carbocycles. The molecule has 2 aliphatic carbocycles. The quantitative estimate of drug-likeness (QED) is 0.512. The van der Waals surface area contributed by atoms with Gasteiger partial charge in [-0.2, -0.15) is 0 Å². The van der Waals surface area contributed by atoms with Gasteiger partial charge in [0.1, 0.15) is 0 Å². The van der Waals surface area contributed by atoms with E-state index in [-0.39, 0.29) is 6.10 Å². The number of methoxy groups -OCH3 is 1. The van der Waals surface area contributed by atoms with Gasteiger partial charge in [0.2, 0.25) is 0 Å². The molecule has 0 aromatic rings. The van der Waals surface area contributed by atoms with Gasteiger partial charge in [0.25, 0.3) is 0 Å². The van der Waals surface area contributed by atoms with Crippen molar-refractivity contribution in [3.8, 4) is 0 Å². The van der Waals surface area contributed by atoms with Gasteiger partial charge < -0.3 is 0 Å². The van der Waals surface area contributed by atoms with Crippen LogP contribution in [-0.4, -0.2) is 24.4 Å². The summed E-state index contributed by atoms with van der Waals surface area (Å²) in [6, 6.07) is 0. The Balaban J connectivity index is -0.000000548. The van der Waals surface area contributed by atoms with E-state index >= 15 is 0 Å². The van der Waals surface area contributed by atoms with Crippen LogP contribution in [-0.2, 0) is 48.6 Å². The third-order valence-electron chi connectivity index (χ3n) is 4.31. The van der Waals surface area contributed by atoms with Crippen molar-refractivity contribution in [1.82, 2.24) is 0 Å². The number of hydrogen-bond acceptors (Lipinski definition) is 2. The number of hydrogen-bond donors (Lipinski definition) is 0. The zero-order chi connectivity index (χ0) is 22.5. The number of fused-ring (bicyclic) bond motifs is 1. The van der Waals surface area contributed by atoms with Crippen LogP contribution in [0.3, 0.4) is 0 Å². The van der Waals surface area contributed by atoms with Gasteiger partial charge in [-0.05, 0) is 0 Å². The molecule has 3 aliphatic rings. The molecule has 1 aliphatic heterocycles. The van der Waals surface area contributed by atoms with Crippen LogP contribution in [0.25, 0.3) is 0 Å². The van der Waals surface area contributed by atoms with Crippen molar-refractivity contribution < 1.29 is 48.6 Å². The third-order valence-corrected chi connectivity index (χ3v) is 4.91. The first-order valence-electron chi connectivity index (χ1n) is 7.98. The average Bonchev–Trinajstić information content (AvgIpc) is 2.82. The van der Waals surface area contributed by atoms with Crippen LogP contribution in [0.5, 0.6) is 0 Å². The summed E-state index contributed by atoms with van der Waals surface area (Å²) in [7, 11) is 1.74.